The van der Waals surface area contributed by atoms with Crippen molar-refractivity contribution in [1.29, 1.82) is 0 Å². The van der Waals surface area contributed by atoms with Crippen LogP contribution in [-0.2, 0) is 28.0 Å². The van der Waals surface area contributed by atoms with E-state index in [0.717, 1.165) is 80.4 Å². The van der Waals surface area contributed by atoms with Crippen LogP contribution in [0.1, 0.15) is 122 Å². The zero-order chi connectivity index (χ0) is 34.6. The highest BCUT2D eigenvalue weighted by atomic mass is 16.5. The number of fused-ring (bicyclic) bond motifs is 8. The van der Waals surface area contributed by atoms with Gasteiger partial charge in [-0.1, -0.05) is 84.4 Å². The number of nitrogens with one attached hydrogen (secondary N) is 1. The van der Waals surface area contributed by atoms with E-state index in [-0.39, 0.29) is 39.0 Å². The van der Waals surface area contributed by atoms with E-state index in [2.05, 4.69) is 63.5 Å². The quantitative estimate of drug-likeness (QED) is 0.271. The Balaban J connectivity index is 1.30. The highest BCUT2D eigenvalue weighted by molar-refractivity contribution is 5.81. The first-order valence-electron chi connectivity index (χ1n) is 18.7. The summed E-state index contributed by atoms with van der Waals surface area (Å²) in [4.78, 5) is 23.8. The van der Waals surface area contributed by atoms with Gasteiger partial charge in [-0.15, -0.1) is 0 Å². The lowest BCUT2D eigenvalue weighted by molar-refractivity contribution is -0.181. The van der Waals surface area contributed by atoms with Crippen molar-refractivity contribution >= 4 is 17.4 Å². The van der Waals surface area contributed by atoms with Gasteiger partial charge in [0.1, 0.15) is 18.8 Å². The molecule has 1 aromatic carbocycles. The maximum Gasteiger partial charge on any atom is 0.313 e. The normalized spacial score (nSPS) is 37.2. The number of ether oxygens (including phenoxy) is 1. The third-order valence-corrected chi connectivity index (χ3v) is 15.5. The van der Waals surface area contributed by atoms with Gasteiger partial charge in [0.05, 0.1) is 11.1 Å². The molecule has 0 bridgehead atoms. The molecule has 0 radical (unpaired) electrons. The number of nitrogens with two attached hydrogens (primary N) is 1. The van der Waals surface area contributed by atoms with Gasteiger partial charge in [-0.2, -0.15) is 5.10 Å². The SMILES string of the molecule is CC1(C)CC[C@]2(C(=O)OCc3ccccc3)CC[C@]3(C)C(=C(c4cncnc4)CC4[C@@]5(C)Cc6c(n[nH]c6N)C(C)(C)C5CC[C@]43C)C2C1. The van der Waals surface area contributed by atoms with Crippen molar-refractivity contribution in [1.82, 2.24) is 20.2 Å². The van der Waals surface area contributed by atoms with E-state index in [4.69, 9.17) is 15.6 Å². The molecule has 5 aliphatic rings. The van der Waals surface area contributed by atoms with E-state index in [1.165, 1.54) is 16.7 Å². The molecular weight excluding hydrogens is 606 g/mol. The molecule has 3 fully saturated rings. The van der Waals surface area contributed by atoms with Crippen LogP contribution in [0.15, 0.2) is 54.6 Å². The van der Waals surface area contributed by atoms with Gasteiger partial charge in [0, 0.05) is 28.9 Å². The van der Waals surface area contributed by atoms with Crippen LogP contribution in [0.5, 0.6) is 0 Å². The van der Waals surface area contributed by atoms with Crippen molar-refractivity contribution in [3.63, 3.8) is 0 Å². The summed E-state index contributed by atoms with van der Waals surface area (Å²) in [6.45, 7) is 17.7. The lowest BCUT2D eigenvalue weighted by atomic mass is 9.33. The van der Waals surface area contributed by atoms with Crippen molar-refractivity contribution < 1.29 is 9.53 Å². The van der Waals surface area contributed by atoms with Gasteiger partial charge in [0.25, 0.3) is 0 Å². The topological polar surface area (TPSA) is 107 Å². The minimum atomic E-state index is -0.530. The number of nitrogen functional groups attached to an aromatic ring is 1. The van der Waals surface area contributed by atoms with Crippen LogP contribution in [0, 0.1) is 44.8 Å². The standard InChI is InChI=1S/C42H55N5O2/c1-37(2)15-17-42(36(48)49-24-26-11-9-8-10-12-26)18-16-41(7)33(30(42)21-37)28(27-22-44-25-45-23-27)19-32-39(5)20-29-34(46-47-35(29)43)38(3,4)31(39)13-14-40(32,41)6/h8-12,22-23,25,30-32H,13-21,24H2,1-7H3,(H3,43,46,47)/t30?,31?,32?,39-,40+,41+,42-/m0/s1. The number of rotatable bonds is 4. The molecule has 0 saturated heterocycles. The van der Waals surface area contributed by atoms with Crippen LogP contribution in [-0.4, -0.2) is 26.1 Å². The molecule has 49 heavy (non-hydrogen) atoms. The molecule has 7 nitrogen and oxygen atoms in total. The highest BCUT2D eigenvalue weighted by Gasteiger charge is 2.70. The Bertz CT molecular complexity index is 1810. The minimum absolute atomic E-state index is 0.00463. The molecule has 0 aliphatic heterocycles. The summed E-state index contributed by atoms with van der Waals surface area (Å²) in [5, 5.41) is 7.95. The Morgan fingerprint density at radius 1 is 0.939 bits per heavy atom. The molecule has 8 rings (SSSR count). The summed E-state index contributed by atoms with van der Waals surface area (Å²) in [5.41, 5.74) is 13.5. The van der Waals surface area contributed by atoms with Gasteiger partial charge < -0.3 is 10.5 Å². The van der Waals surface area contributed by atoms with Gasteiger partial charge in [-0.25, -0.2) is 9.97 Å². The maximum atomic E-state index is 14.7. The number of nitrogens with zero attached hydrogens (tertiary/aromatic N) is 3. The third kappa shape index (κ3) is 4.51. The van der Waals surface area contributed by atoms with Crippen LogP contribution in [0.4, 0.5) is 5.82 Å². The van der Waals surface area contributed by atoms with Gasteiger partial charge >= 0.3 is 5.97 Å². The van der Waals surface area contributed by atoms with Crippen molar-refractivity contribution in [3.05, 3.63) is 77.0 Å². The largest absolute Gasteiger partial charge is 0.460 e. The second-order valence-corrected chi connectivity index (χ2v) is 18.6. The average Bonchev–Trinajstić information content (AvgIpc) is 3.44. The Morgan fingerprint density at radius 2 is 1.65 bits per heavy atom. The van der Waals surface area contributed by atoms with Crippen molar-refractivity contribution in [2.75, 3.05) is 5.73 Å². The van der Waals surface area contributed by atoms with E-state index in [9.17, 15) is 4.79 Å². The Hall–Kier alpha value is -3.48. The first-order chi connectivity index (χ1) is 23.2. The number of benzene rings is 1. The zero-order valence-corrected chi connectivity index (χ0v) is 30.7. The molecule has 3 N–H and O–H groups in total. The van der Waals surface area contributed by atoms with Gasteiger partial charge in [-0.05, 0) is 108 Å². The van der Waals surface area contributed by atoms with E-state index >= 15 is 0 Å². The third-order valence-electron chi connectivity index (χ3n) is 15.5. The summed E-state index contributed by atoms with van der Waals surface area (Å²) < 4.78 is 6.32. The van der Waals surface area contributed by atoms with Crippen LogP contribution >= 0.6 is 0 Å². The molecular formula is C42H55N5O2. The Kier molecular flexibility index (Phi) is 7.18. The zero-order valence-electron chi connectivity index (χ0n) is 30.7. The number of carbonyl (C=O) groups excluding carboxylic acids is 1. The lowest BCUT2D eigenvalue weighted by Crippen LogP contribution is -2.65. The van der Waals surface area contributed by atoms with E-state index in [1.807, 2.05) is 42.7 Å². The number of allylic oxidation sites excluding steroid dienone is 2. The highest BCUT2D eigenvalue weighted by Crippen LogP contribution is 2.77. The second kappa shape index (κ2) is 10.8. The predicted octanol–water partition coefficient (Wildman–Crippen LogP) is 8.87. The van der Waals surface area contributed by atoms with Crippen LogP contribution in [0.3, 0.4) is 0 Å². The first kappa shape index (κ1) is 32.7. The number of carbonyl (C=O) groups is 1. The smallest absolute Gasteiger partial charge is 0.313 e. The fourth-order valence-corrected chi connectivity index (χ4v) is 12.8. The molecule has 3 unspecified atom stereocenters. The van der Waals surface area contributed by atoms with Gasteiger partial charge in [-0.3, -0.25) is 9.89 Å². The van der Waals surface area contributed by atoms with E-state index < -0.39 is 5.41 Å². The average molecular weight is 662 g/mol. The number of H-pyrrole nitrogens is 1. The van der Waals surface area contributed by atoms with Crippen molar-refractivity contribution in [2.45, 2.75) is 118 Å². The maximum absolute atomic E-state index is 14.7. The number of hydrogen-bond acceptors (Lipinski definition) is 6. The van der Waals surface area contributed by atoms with Crippen LogP contribution in [0.2, 0.25) is 0 Å². The summed E-state index contributed by atoms with van der Waals surface area (Å²) >= 11 is 0. The predicted molar refractivity (Wildman–Crippen MR) is 193 cm³/mol. The number of hydrogen-bond donors (Lipinski definition) is 2. The molecule has 3 aromatic rings. The molecule has 7 heteroatoms. The molecule has 7 atom stereocenters. The number of esters is 1. The van der Waals surface area contributed by atoms with Crippen LogP contribution in [0.25, 0.3) is 5.57 Å². The lowest BCUT2D eigenvalue weighted by Gasteiger charge is -2.71. The fourth-order valence-electron chi connectivity index (χ4n) is 12.8. The number of anilines is 1. The number of aromatic amines is 1. The molecule has 0 amide bonds. The molecule has 2 aromatic heterocycles. The summed E-state index contributed by atoms with van der Waals surface area (Å²) in [6.07, 6.45) is 14.6. The van der Waals surface area contributed by atoms with Crippen molar-refractivity contribution in [3.8, 4) is 0 Å². The summed E-state index contributed by atoms with van der Waals surface area (Å²) in [7, 11) is 0. The molecule has 260 valence electrons. The molecule has 0 spiro atoms. The van der Waals surface area contributed by atoms with Crippen LogP contribution < -0.4 is 5.73 Å². The molecule has 5 aliphatic carbocycles. The Morgan fingerprint density at radius 3 is 2.39 bits per heavy atom. The monoisotopic (exact) mass is 661 g/mol. The van der Waals surface area contributed by atoms with Gasteiger partial charge in [0.15, 0.2) is 0 Å². The van der Waals surface area contributed by atoms with E-state index in [0.29, 0.717) is 18.4 Å². The number of aromatic nitrogens is 4. The fraction of sp³-hybridized carbons (Fsp3) is 0.619. The minimum Gasteiger partial charge on any atom is -0.460 e. The first-order valence-corrected chi connectivity index (χ1v) is 18.7. The van der Waals surface area contributed by atoms with Crippen molar-refractivity contribution in [2.24, 2.45) is 44.8 Å². The van der Waals surface area contributed by atoms with E-state index in [1.54, 1.807) is 6.33 Å². The van der Waals surface area contributed by atoms with Gasteiger partial charge in [0.2, 0.25) is 0 Å². The molecule has 3 saturated carbocycles. The summed E-state index contributed by atoms with van der Waals surface area (Å²) in [5.74, 6) is 1.73. The Labute approximate surface area is 292 Å². The summed E-state index contributed by atoms with van der Waals surface area (Å²) in [6, 6.07) is 10.1. The molecule has 2 heterocycles. The second-order valence-electron chi connectivity index (χ2n) is 18.6.